The lowest BCUT2D eigenvalue weighted by atomic mass is 10.3. The van der Waals surface area contributed by atoms with Gasteiger partial charge < -0.3 is 5.73 Å². The zero-order valence-corrected chi connectivity index (χ0v) is 8.15. The SMILES string of the molecule is NCCCS(=O)(=O)CCC1CC1. The van der Waals surface area contributed by atoms with Crippen molar-refractivity contribution >= 4 is 9.84 Å². The summed E-state index contributed by atoms with van der Waals surface area (Å²) in [6.07, 6.45) is 3.93. The van der Waals surface area contributed by atoms with E-state index in [2.05, 4.69) is 0 Å². The Morgan fingerprint density at radius 2 is 1.92 bits per heavy atom. The first-order valence-corrected chi connectivity index (χ1v) is 6.37. The third-order valence-electron chi connectivity index (χ3n) is 2.19. The third kappa shape index (κ3) is 4.07. The van der Waals surface area contributed by atoms with Crippen molar-refractivity contribution in [3.05, 3.63) is 0 Å². The smallest absolute Gasteiger partial charge is 0.150 e. The van der Waals surface area contributed by atoms with Crippen LogP contribution in [0.3, 0.4) is 0 Å². The van der Waals surface area contributed by atoms with Gasteiger partial charge in [0.2, 0.25) is 0 Å². The topological polar surface area (TPSA) is 60.2 Å². The van der Waals surface area contributed by atoms with E-state index in [0.717, 1.165) is 6.42 Å². The van der Waals surface area contributed by atoms with Gasteiger partial charge in [-0.2, -0.15) is 0 Å². The Morgan fingerprint density at radius 3 is 2.42 bits per heavy atom. The first-order valence-electron chi connectivity index (χ1n) is 4.54. The quantitative estimate of drug-likeness (QED) is 0.667. The van der Waals surface area contributed by atoms with Crippen molar-refractivity contribution in [1.82, 2.24) is 0 Å². The minimum atomic E-state index is -2.78. The lowest BCUT2D eigenvalue weighted by Crippen LogP contribution is -2.14. The van der Waals surface area contributed by atoms with Crippen molar-refractivity contribution in [3.63, 3.8) is 0 Å². The lowest BCUT2D eigenvalue weighted by Gasteiger charge is -2.01. The third-order valence-corrected chi connectivity index (χ3v) is 3.96. The second-order valence-corrected chi connectivity index (χ2v) is 5.83. The maximum Gasteiger partial charge on any atom is 0.150 e. The molecule has 0 atom stereocenters. The summed E-state index contributed by atoms with van der Waals surface area (Å²) in [5, 5.41) is 0. The molecule has 1 fully saturated rings. The van der Waals surface area contributed by atoms with E-state index in [0.29, 0.717) is 24.6 Å². The maximum absolute atomic E-state index is 11.3. The van der Waals surface area contributed by atoms with Crippen molar-refractivity contribution in [2.24, 2.45) is 11.7 Å². The first-order chi connectivity index (χ1) is 5.64. The van der Waals surface area contributed by atoms with Crippen LogP contribution in [0.2, 0.25) is 0 Å². The number of hydrogen-bond donors (Lipinski definition) is 1. The molecule has 12 heavy (non-hydrogen) atoms. The normalized spacial score (nSPS) is 18.1. The highest BCUT2D eigenvalue weighted by Gasteiger charge is 2.23. The van der Waals surface area contributed by atoms with Crippen LogP contribution >= 0.6 is 0 Å². The van der Waals surface area contributed by atoms with E-state index in [1.165, 1.54) is 12.8 Å². The van der Waals surface area contributed by atoms with Crippen LogP contribution in [-0.4, -0.2) is 26.5 Å². The molecule has 0 aromatic rings. The monoisotopic (exact) mass is 191 g/mol. The molecule has 1 aliphatic rings. The van der Waals surface area contributed by atoms with Crippen LogP contribution in [-0.2, 0) is 9.84 Å². The highest BCUT2D eigenvalue weighted by Crippen LogP contribution is 2.32. The second kappa shape index (κ2) is 4.23. The van der Waals surface area contributed by atoms with Crippen LogP contribution in [0, 0.1) is 5.92 Å². The first kappa shape index (κ1) is 9.99. The van der Waals surface area contributed by atoms with Crippen molar-refractivity contribution in [1.29, 1.82) is 0 Å². The average molecular weight is 191 g/mol. The Labute approximate surface area is 74.3 Å². The van der Waals surface area contributed by atoms with Gasteiger partial charge in [0.05, 0.1) is 11.5 Å². The summed E-state index contributed by atoms with van der Waals surface area (Å²) in [5.74, 6) is 1.35. The van der Waals surface area contributed by atoms with E-state index in [1.807, 2.05) is 0 Å². The van der Waals surface area contributed by atoms with Crippen LogP contribution in [0.4, 0.5) is 0 Å². The van der Waals surface area contributed by atoms with E-state index in [4.69, 9.17) is 5.73 Å². The minimum absolute atomic E-state index is 0.274. The largest absolute Gasteiger partial charge is 0.330 e. The number of rotatable bonds is 6. The standard InChI is InChI=1S/C8H17NO2S/c9-5-1-6-12(10,11)7-4-8-2-3-8/h8H,1-7,9H2. The van der Waals surface area contributed by atoms with Gasteiger partial charge in [0.15, 0.2) is 0 Å². The van der Waals surface area contributed by atoms with Gasteiger partial charge in [-0.1, -0.05) is 12.8 Å². The van der Waals surface area contributed by atoms with Gasteiger partial charge >= 0.3 is 0 Å². The molecule has 1 saturated carbocycles. The number of nitrogens with two attached hydrogens (primary N) is 1. The Hall–Kier alpha value is -0.0900. The van der Waals surface area contributed by atoms with Crippen LogP contribution < -0.4 is 5.73 Å². The molecule has 0 spiro atoms. The molecule has 72 valence electrons. The predicted octanol–water partition coefficient (Wildman–Crippen LogP) is 0.550. The minimum Gasteiger partial charge on any atom is -0.330 e. The van der Waals surface area contributed by atoms with Gasteiger partial charge in [0.1, 0.15) is 9.84 Å². The Balaban J connectivity index is 2.17. The van der Waals surface area contributed by atoms with Crippen LogP contribution in [0.1, 0.15) is 25.7 Å². The summed E-state index contributed by atoms with van der Waals surface area (Å²) in [7, 11) is -2.78. The molecule has 2 N–H and O–H groups in total. The zero-order valence-electron chi connectivity index (χ0n) is 7.33. The highest BCUT2D eigenvalue weighted by molar-refractivity contribution is 7.91. The van der Waals surface area contributed by atoms with Gasteiger partial charge in [-0.25, -0.2) is 8.42 Å². The van der Waals surface area contributed by atoms with Crippen molar-refractivity contribution in [2.45, 2.75) is 25.7 Å². The van der Waals surface area contributed by atoms with Gasteiger partial charge in [-0.05, 0) is 25.3 Å². The number of sulfone groups is 1. The summed E-state index contributed by atoms with van der Waals surface area (Å²) in [5.41, 5.74) is 5.24. The van der Waals surface area contributed by atoms with Crippen LogP contribution in [0.5, 0.6) is 0 Å². The summed E-state index contributed by atoms with van der Waals surface area (Å²) >= 11 is 0. The van der Waals surface area contributed by atoms with E-state index in [-0.39, 0.29) is 5.75 Å². The summed E-state index contributed by atoms with van der Waals surface area (Å²) in [6, 6.07) is 0. The molecule has 0 aliphatic heterocycles. The van der Waals surface area contributed by atoms with E-state index < -0.39 is 9.84 Å². The molecule has 3 nitrogen and oxygen atoms in total. The fourth-order valence-corrected chi connectivity index (χ4v) is 2.66. The molecular formula is C8H17NO2S. The van der Waals surface area contributed by atoms with Gasteiger partial charge in [0.25, 0.3) is 0 Å². The zero-order chi connectivity index (χ0) is 9.03. The second-order valence-electron chi connectivity index (χ2n) is 3.53. The highest BCUT2D eigenvalue weighted by atomic mass is 32.2. The van der Waals surface area contributed by atoms with Gasteiger partial charge in [0, 0.05) is 0 Å². The Kier molecular flexibility index (Phi) is 3.53. The van der Waals surface area contributed by atoms with Crippen LogP contribution in [0.15, 0.2) is 0 Å². The molecular weight excluding hydrogens is 174 g/mol. The molecule has 0 aromatic carbocycles. The molecule has 0 heterocycles. The number of hydrogen-bond acceptors (Lipinski definition) is 3. The predicted molar refractivity (Wildman–Crippen MR) is 49.7 cm³/mol. The fraction of sp³-hybridized carbons (Fsp3) is 1.00. The molecule has 4 heteroatoms. The molecule has 0 amide bonds. The van der Waals surface area contributed by atoms with Crippen molar-refractivity contribution in [2.75, 3.05) is 18.1 Å². The molecule has 0 unspecified atom stereocenters. The van der Waals surface area contributed by atoms with Crippen molar-refractivity contribution < 1.29 is 8.42 Å². The molecule has 1 aliphatic carbocycles. The Bertz CT molecular complexity index is 219. The van der Waals surface area contributed by atoms with Crippen LogP contribution in [0.25, 0.3) is 0 Å². The molecule has 0 saturated heterocycles. The lowest BCUT2D eigenvalue weighted by molar-refractivity contribution is 0.588. The Morgan fingerprint density at radius 1 is 1.25 bits per heavy atom. The van der Waals surface area contributed by atoms with E-state index >= 15 is 0 Å². The summed E-state index contributed by atoms with van der Waals surface area (Å²) < 4.78 is 22.5. The summed E-state index contributed by atoms with van der Waals surface area (Å²) in [4.78, 5) is 0. The van der Waals surface area contributed by atoms with E-state index in [9.17, 15) is 8.42 Å². The molecule has 0 radical (unpaired) electrons. The molecule has 0 bridgehead atoms. The average Bonchev–Trinajstić information content (AvgIpc) is 2.81. The fourth-order valence-electron chi connectivity index (χ4n) is 1.16. The van der Waals surface area contributed by atoms with Gasteiger partial charge in [-0.15, -0.1) is 0 Å². The van der Waals surface area contributed by atoms with E-state index in [1.54, 1.807) is 0 Å². The van der Waals surface area contributed by atoms with Gasteiger partial charge in [-0.3, -0.25) is 0 Å². The summed E-state index contributed by atoms with van der Waals surface area (Å²) in [6.45, 7) is 0.475. The van der Waals surface area contributed by atoms with Crippen molar-refractivity contribution in [3.8, 4) is 0 Å². The maximum atomic E-state index is 11.3. The molecule has 1 rings (SSSR count). The molecule has 0 aromatic heterocycles.